The molecule has 1 rings (SSSR count). The van der Waals surface area contributed by atoms with Crippen molar-refractivity contribution < 1.29 is 9.53 Å². The molecule has 1 saturated heterocycles. The molecule has 1 amide bonds. The number of carbonyl (C=O) groups is 1. The van der Waals surface area contributed by atoms with E-state index in [4.69, 9.17) is 10.5 Å². The van der Waals surface area contributed by atoms with Gasteiger partial charge < -0.3 is 15.4 Å². The molecule has 0 radical (unpaired) electrons. The predicted octanol–water partition coefficient (Wildman–Crippen LogP) is 1.98. The van der Waals surface area contributed by atoms with E-state index in [9.17, 15) is 4.79 Å². The number of rotatable bonds is 1. The third kappa shape index (κ3) is 3.37. The molecule has 16 heavy (non-hydrogen) atoms. The van der Waals surface area contributed by atoms with Crippen LogP contribution in [0, 0.1) is 5.41 Å². The number of nitrogens with two attached hydrogens (primary N) is 1. The molecule has 0 aliphatic carbocycles. The molecular weight excluding hydrogens is 204 g/mol. The van der Waals surface area contributed by atoms with Crippen molar-refractivity contribution in [2.24, 2.45) is 11.1 Å². The van der Waals surface area contributed by atoms with E-state index in [2.05, 4.69) is 13.8 Å². The van der Waals surface area contributed by atoms with E-state index in [-0.39, 0.29) is 17.6 Å². The lowest BCUT2D eigenvalue weighted by atomic mass is 9.91. The van der Waals surface area contributed by atoms with Crippen LogP contribution in [-0.4, -0.2) is 35.7 Å². The highest BCUT2D eigenvalue weighted by Crippen LogP contribution is 2.34. The van der Waals surface area contributed by atoms with E-state index in [1.165, 1.54) is 0 Å². The minimum Gasteiger partial charge on any atom is -0.444 e. The first-order valence-electron chi connectivity index (χ1n) is 5.84. The smallest absolute Gasteiger partial charge is 0.410 e. The van der Waals surface area contributed by atoms with Gasteiger partial charge in [0, 0.05) is 19.1 Å². The fourth-order valence-corrected chi connectivity index (χ4v) is 2.15. The molecule has 0 bridgehead atoms. The van der Waals surface area contributed by atoms with Crippen molar-refractivity contribution in [1.29, 1.82) is 0 Å². The summed E-state index contributed by atoms with van der Waals surface area (Å²) < 4.78 is 5.38. The van der Waals surface area contributed by atoms with Gasteiger partial charge in [-0.25, -0.2) is 4.79 Å². The van der Waals surface area contributed by atoms with E-state index in [0.717, 1.165) is 13.0 Å². The minimum atomic E-state index is -0.442. The van der Waals surface area contributed by atoms with Crippen LogP contribution in [0.1, 0.15) is 41.0 Å². The van der Waals surface area contributed by atoms with Gasteiger partial charge in [0.05, 0.1) is 0 Å². The van der Waals surface area contributed by atoms with Gasteiger partial charge in [0.1, 0.15) is 5.60 Å². The van der Waals surface area contributed by atoms with Crippen LogP contribution < -0.4 is 5.73 Å². The predicted molar refractivity (Wildman–Crippen MR) is 64.2 cm³/mol. The number of hydrogen-bond acceptors (Lipinski definition) is 3. The number of likely N-dealkylation sites (tertiary alicyclic amines) is 1. The van der Waals surface area contributed by atoms with Crippen molar-refractivity contribution in [3.8, 4) is 0 Å². The highest BCUT2D eigenvalue weighted by molar-refractivity contribution is 5.69. The summed E-state index contributed by atoms with van der Waals surface area (Å²) in [6, 6.07) is 0.116. The van der Waals surface area contributed by atoms with Gasteiger partial charge in [0.15, 0.2) is 0 Å². The zero-order valence-corrected chi connectivity index (χ0v) is 11.0. The summed E-state index contributed by atoms with van der Waals surface area (Å²) in [4.78, 5) is 13.7. The first-order chi connectivity index (χ1) is 7.14. The number of carbonyl (C=O) groups excluding carboxylic acids is 1. The molecular formula is C12H24N2O2. The SMILES string of the molecule is CC1(C)CC(CN)N(C(=O)OC(C)(C)C)C1. The monoisotopic (exact) mass is 228 g/mol. The van der Waals surface area contributed by atoms with Crippen molar-refractivity contribution in [3.05, 3.63) is 0 Å². The van der Waals surface area contributed by atoms with Gasteiger partial charge in [0.2, 0.25) is 0 Å². The Morgan fingerprint density at radius 3 is 2.50 bits per heavy atom. The Labute approximate surface area is 98.1 Å². The largest absolute Gasteiger partial charge is 0.444 e. The molecule has 1 aliphatic rings. The van der Waals surface area contributed by atoms with Crippen LogP contribution in [0.2, 0.25) is 0 Å². The van der Waals surface area contributed by atoms with Gasteiger partial charge in [-0.2, -0.15) is 0 Å². The molecule has 1 atom stereocenters. The first-order valence-corrected chi connectivity index (χ1v) is 5.84. The molecule has 4 heteroatoms. The highest BCUT2D eigenvalue weighted by atomic mass is 16.6. The van der Waals surface area contributed by atoms with Crippen LogP contribution in [0.15, 0.2) is 0 Å². The maximum absolute atomic E-state index is 12.0. The average Bonchev–Trinajstić information content (AvgIpc) is 2.38. The minimum absolute atomic E-state index is 0.116. The van der Waals surface area contributed by atoms with Gasteiger partial charge in [-0.1, -0.05) is 13.8 Å². The van der Waals surface area contributed by atoms with Crippen molar-refractivity contribution in [2.45, 2.75) is 52.7 Å². The highest BCUT2D eigenvalue weighted by Gasteiger charge is 2.40. The molecule has 1 fully saturated rings. The lowest BCUT2D eigenvalue weighted by Crippen LogP contribution is -2.43. The summed E-state index contributed by atoms with van der Waals surface area (Å²) in [5, 5.41) is 0. The lowest BCUT2D eigenvalue weighted by molar-refractivity contribution is 0.0219. The Kier molecular flexibility index (Phi) is 3.53. The summed E-state index contributed by atoms with van der Waals surface area (Å²) >= 11 is 0. The summed E-state index contributed by atoms with van der Waals surface area (Å²) in [7, 11) is 0. The van der Waals surface area contributed by atoms with Gasteiger partial charge in [-0.05, 0) is 32.6 Å². The second-order valence-corrected chi connectivity index (χ2v) is 6.37. The Morgan fingerprint density at radius 1 is 1.50 bits per heavy atom. The van der Waals surface area contributed by atoms with Crippen LogP contribution in [0.4, 0.5) is 4.79 Å². The number of ether oxygens (including phenoxy) is 1. The topological polar surface area (TPSA) is 55.6 Å². The standard InChI is InChI=1S/C12H24N2O2/c1-11(2,3)16-10(15)14-8-12(4,5)6-9(14)7-13/h9H,6-8,13H2,1-5H3. The van der Waals surface area contributed by atoms with E-state index in [0.29, 0.717) is 6.54 Å². The average molecular weight is 228 g/mol. The molecule has 0 aromatic rings. The van der Waals surface area contributed by atoms with Crippen molar-refractivity contribution in [2.75, 3.05) is 13.1 Å². The van der Waals surface area contributed by atoms with Crippen LogP contribution in [0.3, 0.4) is 0 Å². The van der Waals surface area contributed by atoms with E-state index in [1.54, 1.807) is 4.90 Å². The molecule has 0 aromatic carbocycles. The van der Waals surface area contributed by atoms with Crippen LogP contribution in [0.25, 0.3) is 0 Å². The summed E-state index contributed by atoms with van der Waals surface area (Å²) in [6.07, 6.45) is 0.705. The Bertz CT molecular complexity index is 269. The Balaban J connectivity index is 2.69. The van der Waals surface area contributed by atoms with Crippen molar-refractivity contribution in [1.82, 2.24) is 4.90 Å². The third-order valence-electron chi connectivity index (χ3n) is 2.73. The van der Waals surface area contributed by atoms with Gasteiger partial charge in [-0.15, -0.1) is 0 Å². The molecule has 0 spiro atoms. The molecule has 0 aromatic heterocycles. The van der Waals surface area contributed by atoms with E-state index in [1.807, 2.05) is 20.8 Å². The maximum atomic E-state index is 12.0. The molecule has 0 saturated carbocycles. The fourth-order valence-electron chi connectivity index (χ4n) is 2.15. The van der Waals surface area contributed by atoms with Crippen LogP contribution in [0.5, 0.6) is 0 Å². The zero-order chi connectivity index (χ0) is 12.6. The summed E-state index contributed by atoms with van der Waals surface area (Å²) in [5.74, 6) is 0. The molecule has 1 aliphatic heterocycles. The van der Waals surface area contributed by atoms with Crippen molar-refractivity contribution in [3.63, 3.8) is 0 Å². The van der Waals surface area contributed by atoms with Gasteiger partial charge >= 0.3 is 6.09 Å². The quantitative estimate of drug-likeness (QED) is 0.746. The summed E-state index contributed by atoms with van der Waals surface area (Å²) in [6.45, 7) is 11.2. The normalized spacial score (nSPS) is 24.6. The van der Waals surface area contributed by atoms with Crippen molar-refractivity contribution >= 4 is 6.09 Å². The second-order valence-electron chi connectivity index (χ2n) is 6.37. The summed E-state index contributed by atoms with van der Waals surface area (Å²) in [5.41, 5.74) is 5.40. The van der Waals surface area contributed by atoms with E-state index >= 15 is 0 Å². The Hall–Kier alpha value is -0.770. The van der Waals surface area contributed by atoms with E-state index < -0.39 is 5.60 Å². The fraction of sp³-hybridized carbons (Fsp3) is 0.917. The van der Waals surface area contributed by atoms with Crippen LogP contribution >= 0.6 is 0 Å². The maximum Gasteiger partial charge on any atom is 0.410 e. The second kappa shape index (κ2) is 4.24. The lowest BCUT2D eigenvalue weighted by Gasteiger charge is -2.28. The zero-order valence-electron chi connectivity index (χ0n) is 11.0. The number of amides is 1. The van der Waals surface area contributed by atoms with Gasteiger partial charge in [0.25, 0.3) is 0 Å². The molecule has 94 valence electrons. The molecule has 2 N–H and O–H groups in total. The molecule has 1 unspecified atom stereocenters. The number of nitrogens with zero attached hydrogens (tertiary/aromatic N) is 1. The number of hydrogen-bond donors (Lipinski definition) is 1. The first kappa shape index (κ1) is 13.3. The van der Waals surface area contributed by atoms with Crippen LogP contribution in [-0.2, 0) is 4.74 Å². The van der Waals surface area contributed by atoms with Gasteiger partial charge in [-0.3, -0.25) is 0 Å². The third-order valence-corrected chi connectivity index (χ3v) is 2.73. The Morgan fingerprint density at radius 2 is 2.06 bits per heavy atom. The molecule has 4 nitrogen and oxygen atoms in total. The molecule has 1 heterocycles.